The van der Waals surface area contributed by atoms with Crippen LogP contribution in [0.5, 0.6) is 0 Å². The van der Waals surface area contributed by atoms with Crippen LogP contribution in [0.3, 0.4) is 0 Å². The van der Waals surface area contributed by atoms with Crippen LogP contribution in [0.2, 0.25) is 0 Å². The molecule has 20 heavy (non-hydrogen) atoms. The number of aryl methyl sites for hydroxylation is 2. The number of rotatable bonds is 4. The van der Waals surface area contributed by atoms with Crippen molar-refractivity contribution in [3.05, 3.63) is 47.5 Å². The van der Waals surface area contributed by atoms with Crippen LogP contribution >= 0.6 is 0 Å². The van der Waals surface area contributed by atoms with Gasteiger partial charge in [0.2, 0.25) is 0 Å². The predicted octanol–water partition coefficient (Wildman–Crippen LogP) is 2.57. The van der Waals surface area contributed by atoms with Crippen LogP contribution in [0.25, 0.3) is 11.0 Å². The molecule has 104 valence electrons. The Balaban J connectivity index is 2.07. The van der Waals surface area contributed by atoms with Gasteiger partial charge in [-0.1, -0.05) is 23.8 Å². The fraction of sp³-hybridized carbons (Fsp3) is 0.333. The van der Waals surface area contributed by atoms with Crippen molar-refractivity contribution in [2.24, 2.45) is 7.05 Å². The average Bonchev–Trinajstić information content (AvgIpc) is 3.01. The molecule has 0 amide bonds. The molecular weight excluding hydrogens is 252 g/mol. The van der Waals surface area contributed by atoms with Crippen LogP contribution in [-0.4, -0.2) is 21.5 Å². The van der Waals surface area contributed by atoms with Crippen LogP contribution in [0, 0.1) is 6.92 Å². The maximum Gasteiger partial charge on any atom is 0.134 e. The van der Waals surface area contributed by atoms with E-state index in [-0.39, 0.29) is 6.04 Å². The Bertz CT molecular complexity index is 728. The lowest BCUT2D eigenvalue weighted by Crippen LogP contribution is -2.23. The highest BCUT2D eigenvalue weighted by Crippen LogP contribution is 2.28. The van der Waals surface area contributed by atoms with Crippen molar-refractivity contribution in [3.63, 3.8) is 0 Å². The minimum absolute atomic E-state index is 0.0345. The molecule has 0 spiro atoms. The molecule has 1 atom stereocenters. The molecule has 2 aromatic heterocycles. The predicted molar refractivity (Wildman–Crippen MR) is 77.5 cm³/mol. The molecule has 5 nitrogen and oxygen atoms in total. The molecule has 0 saturated carbocycles. The van der Waals surface area contributed by atoms with Gasteiger partial charge in [-0.15, -0.1) is 5.10 Å². The smallest absolute Gasteiger partial charge is 0.134 e. The van der Waals surface area contributed by atoms with Crippen molar-refractivity contribution < 1.29 is 4.42 Å². The molecule has 3 rings (SSSR count). The van der Waals surface area contributed by atoms with Crippen molar-refractivity contribution in [2.75, 3.05) is 6.54 Å². The number of aromatic nitrogens is 3. The molecule has 1 unspecified atom stereocenters. The Hall–Kier alpha value is -2.14. The van der Waals surface area contributed by atoms with E-state index in [0.29, 0.717) is 0 Å². The highest BCUT2D eigenvalue weighted by atomic mass is 16.3. The highest BCUT2D eigenvalue weighted by Gasteiger charge is 2.21. The number of furan rings is 1. The molecule has 0 aliphatic carbocycles. The molecule has 0 aliphatic rings. The van der Waals surface area contributed by atoms with E-state index in [0.717, 1.165) is 29.0 Å². The first kappa shape index (κ1) is 12.9. The van der Waals surface area contributed by atoms with E-state index in [2.05, 4.69) is 47.7 Å². The maximum absolute atomic E-state index is 5.99. The van der Waals surface area contributed by atoms with Gasteiger partial charge in [0, 0.05) is 12.4 Å². The molecule has 0 saturated heterocycles. The summed E-state index contributed by atoms with van der Waals surface area (Å²) in [7, 11) is 1.89. The normalized spacial score (nSPS) is 12.9. The molecule has 0 bridgehead atoms. The zero-order chi connectivity index (χ0) is 14.1. The van der Waals surface area contributed by atoms with Gasteiger partial charge in [0.25, 0.3) is 0 Å². The van der Waals surface area contributed by atoms with E-state index < -0.39 is 0 Å². The van der Waals surface area contributed by atoms with Crippen molar-refractivity contribution >= 4 is 11.0 Å². The topological polar surface area (TPSA) is 55.9 Å². The summed E-state index contributed by atoms with van der Waals surface area (Å²) < 4.78 is 7.75. The van der Waals surface area contributed by atoms with E-state index in [1.165, 1.54) is 5.56 Å². The van der Waals surface area contributed by atoms with Crippen LogP contribution in [0.1, 0.15) is 30.0 Å². The lowest BCUT2D eigenvalue weighted by molar-refractivity contribution is 0.458. The van der Waals surface area contributed by atoms with E-state index in [1.54, 1.807) is 10.9 Å². The Kier molecular flexibility index (Phi) is 3.28. The first-order chi connectivity index (χ1) is 9.69. The van der Waals surface area contributed by atoms with Gasteiger partial charge in [-0.05, 0) is 31.7 Å². The lowest BCUT2D eigenvalue weighted by Gasteiger charge is -2.14. The van der Waals surface area contributed by atoms with E-state index in [9.17, 15) is 0 Å². The number of benzene rings is 1. The number of hydrogen-bond acceptors (Lipinski definition) is 4. The number of hydrogen-bond donors (Lipinski definition) is 1. The summed E-state index contributed by atoms with van der Waals surface area (Å²) in [6.45, 7) is 4.99. The van der Waals surface area contributed by atoms with Crippen molar-refractivity contribution in [2.45, 2.75) is 19.9 Å². The third kappa shape index (κ3) is 2.20. The SMILES string of the molecule is CCNC(c1cc2cc(C)ccc2o1)c1cnnn1C. The minimum atomic E-state index is -0.0345. The van der Waals surface area contributed by atoms with Gasteiger partial charge in [0.15, 0.2) is 0 Å². The third-order valence-corrected chi connectivity index (χ3v) is 3.43. The van der Waals surface area contributed by atoms with Gasteiger partial charge in [-0.2, -0.15) is 0 Å². The van der Waals surface area contributed by atoms with Crippen LogP contribution in [0.15, 0.2) is 34.9 Å². The largest absolute Gasteiger partial charge is 0.459 e. The molecule has 0 aliphatic heterocycles. The van der Waals surface area contributed by atoms with E-state index in [4.69, 9.17) is 4.42 Å². The van der Waals surface area contributed by atoms with E-state index in [1.807, 2.05) is 13.1 Å². The van der Waals surface area contributed by atoms with Gasteiger partial charge >= 0.3 is 0 Å². The van der Waals surface area contributed by atoms with Crippen LogP contribution in [-0.2, 0) is 7.05 Å². The van der Waals surface area contributed by atoms with Crippen LogP contribution in [0.4, 0.5) is 0 Å². The molecule has 3 aromatic rings. The van der Waals surface area contributed by atoms with Crippen molar-refractivity contribution in [1.82, 2.24) is 20.3 Å². The van der Waals surface area contributed by atoms with Crippen molar-refractivity contribution in [1.29, 1.82) is 0 Å². The zero-order valence-corrected chi connectivity index (χ0v) is 11.9. The number of nitrogens with zero attached hydrogens (tertiary/aromatic N) is 3. The molecule has 1 N–H and O–H groups in total. The van der Waals surface area contributed by atoms with Gasteiger partial charge < -0.3 is 9.73 Å². The summed E-state index contributed by atoms with van der Waals surface area (Å²) >= 11 is 0. The lowest BCUT2D eigenvalue weighted by atomic mass is 10.1. The summed E-state index contributed by atoms with van der Waals surface area (Å²) in [6, 6.07) is 8.25. The second kappa shape index (κ2) is 5.09. The second-order valence-corrected chi connectivity index (χ2v) is 4.96. The first-order valence-corrected chi connectivity index (χ1v) is 6.77. The summed E-state index contributed by atoms with van der Waals surface area (Å²) in [5.41, 5.74) is 3.12. The monoisotopic (exact) mass is 270 g/mol. The number of fused-ring (bicyclic) bond motifs is 1. The minimum Gasteiger partial charge on any atom is -0.459 e. The second-order valence-electron chi connectivity index (χ2n) is 4.96. The molecule has 0 fully saturated rings. The van der Waals surface area contributed by atoms with Crippen molar-refractivity contribution in [3.8, 4) is 0 Å². The summed E-state index contributed by atoms with van der Waals surface area (Å²) in [5, 5.41) is 12.5. The summed E-state index contributed by atoms with van der Waals surface area (Å²) in [5.74, 6) is 0.887. The molecular formula is C15H18N4O. The zero-order valence-electron chi connectivity index (χ0n) is 11.9. The first-order valence-electron chi connectivity index (χ1n) is 6.77. The molecule has 5 heteroatoms. The van der Waals surface area contributed by atoms with E-state index >= 15 is 0 Å². The average molecular weight is 270 g/mol. The number of nitrogens with one attached hydrogen (secondary N) is 1. The molecule has 1 aromatic carbocycles. The van der Waals surface area contributed by atoms with Gasteiger partial charge in [-0.25, -0.2) is 0 Å². The summed E-state index contributed by atoms with van der Waals surface area (Å²) in [4.78, 5) is 0. The Labute approximate surface area is 117 Å². The molecule has 2 heterocycles. The van der Waals surface area contributed by atoms with Gasteiger partial charge in [0.1, 0.15) is 17.4 Å². The fourth-order valence-electron chi connectivity index (χ4n) is 2.44. The van der Waals surface area contributed by atoms with Gasteiger partial charge in [-0.3, -0.25) is 4.68 Å². The third-order valence-electron chi connectivity index (χ3n) is 3.43. The molecule has 0 radical (unpaired) electrons. The Morgan fingerprint density at radius 2 is 2.20 bits per heavy atom. The van der Waals surface area contributed by atoms with Gasteiger partial charge in [0.05, 0.1) is 11.9 Å². The Morgan fingerprint density at radius 3 is 2.90 bits per heavy atom. The van der Waals surface area contributed by atoms with Crippen LogP contribution < -0.4 is 5.32 Å². The Morgan fingerprint density at radius 1 is 1.35 bits per heavy atom. The summed E-state index contributed by atoms with van der Waals surface area (Å²) in [6.07, 6.45) is 1.77. The fourth-order valence-corrected chi connectivity index (χ4v) is 2.44. The maximum atomic E-state index is 5.99. The standard InChI is InChI=1S/C15H18N4O/c1-4-16-15(12-9-17-18-19(12)3)14-8-11-7-10(2)5-6-13(11)20-14/h5-9,15-16H,4H2,1-3H3. The quantitative estimate of drug-likeness (QED) is 0.791. The highest BCUT2D eigenvalue weighted by molar-refractivity contribution is 5.78.